The Kier molecular flexibility index (Phi) is 4.84. The van der Waals surface area contributed by atoms with Crippen LogP contribution in [0.25, 0.3) is 22.1 Å². The molecule has 4 rings (SSSR count). The number of benzene rings is 2. The molecule has 148 valence electrons. The van der Waals surface area contributed by atoms with Gasteiger partial charge in [0.2, 0.25) is 0 Å². The zero-order valence-electron chi connectivity index (χ0n) is 15.2. The van der Waals surface area contributed by atoms with Crippen LogP contribution in [0.5, 0.6) is 11.6 Å². The van der Waals surface area contributed by atoms with Gasteiger partial charge in [-0.15, -0.1) is 13.2 Å². The van der Waals surface area contributed by atoms with Gasteiger partial charge in [0.25, 0.3) is 5.88 Å². The average molecular weight is 400 g/mol. The van der Waals surface area contributed by atoms with Crippen molar-refractivity contribution in [3.63, 3.8) is 0 Å². The van der Waals surface area contributed by atoms with Crippen LogP contribution in [0.2, 0.25) is 0 Å². The quantitative estimate of drug-likeness (QED) is 0.432. The van der Waals surface area contributed by atoms with Crippen LogP contribution in [0.15, 0.2) is 65.3 Å². The van der Waals surface area contributed by atoms with E-state index in [-0.39, 0.29) is 12.4 Å². The fourth-order valence-electron chi connectivity index (χ4n) is 2.86. The van der Waals surface area contributed by atoms with Gasteiger partial charge < -0.3 is 14.0 Å². The highest BCUT2D eigenvalue weighted by molar-refractivity contribution is 5.87. The molecule has 0 saturated carbocycles. The van der Waals surface area contributed by atoms with Gasteiger partial charge in [0, 0.05) is 6.20 Å². The molecule has 0 fully saturated rings. The fourth-order valence-corrected chi connectivity index (χ4v) is 2.86. The van der Waals surface area contributed by atoms with E-state index in [0.717, 1.165) is 16.8 Å². The van der Waals surface area contributed by atoms with Crippen LogP contribution in [0.4, 0.5) is 13.2 Å². The molecule has 0 unspecified atom stereocenters. The van der Waals surface area contributed by atoms with Crippen LogP contribution in [-0.2, 0) is 6.61 Å². The Morgan fingerprint density at radius 1 is 1.00 bits per heavy atom. The zero-order valence-corrected chi connectivity index (χ0v) is 15.2. The SMILES string of the molecule is Cc1cccnc1COc1noc2ccc(-c3ccc(OC(F)(F)F)cc3)cc12. The second kappa shape index (κ2) is 7.46. The maximum atomic E-state index is 12.3. The number of hydrogen-bond donors (Lipinski definition) is 0. The zero-order chi connectivity index (χ0) is 20.4. The minimum atomic E-state index is -4.72. The molecule has 0 saturated heterocycles. The summed E-state index contributed by atoms with van der Waals surface area (Å²) in [7, 11) is 0. The predicted octanol–water partition coefficient (Wildman–Crippen LogP) is 5.68. The first kappa shape index (κ1) is 18.8. The summed E-state index contributed by atoms with van der Waals surface area (Å²) in [5.74, 6) is 0.0472. The maximum absolute atomic E-state index is 12.3. The van der Waals surface area contributed by atoms with Gasteiger partial charge in [-0.25, -0.2) is 0 Å². The molecule has 0 aliphatic carbocycles. The van der Waals surface area contributed by atoms with E-state index in [9.17, 15) is 13.2 Å². The Bertz CT molecular complexity index is 1140. The van der Waals surface area contributed by atoms with Crippen LogP contribution in [0, 0.1) is 6.92 Å². The number of fused-ring (bicyclic) bond motifs is 1. The molecule has 0 aliphatic rings. The molecule has 0 N–H and O–H groups in total. The lowest BCUT2D eigenvalue weighted by Gasteiger charge is -2.09. The standard InChI is InChI=1S/C21H15F3N2O3/c1-13-3-2-10-25-18(13)12-27-20-17-11-15(6-9-19(17)29-26-20)14-4-7-16(8-5-14)28-21(22,23)24/h2-11H,12H2,1H3. The second-order valence-electron chi connectivity index (χ2n) is 6.33. The molecule has 29 heavy (non-hydrogen) atoms. The summed E-state index contributed by atoms with van der Waals surface area (Å²) in [6.45, 7) is 2.18. The molecule has 0 spiro atoms. The van der Waals surface area contributed by atoms with Crippen LogP contribution in [-0.4, -0.2) is 16.5 Å². The number of aromatic nitrogens is 2. The van der Waals surface area contributed by atoms with Crippen LogP contribution >= 0.6 is 0 Å². The summed E-state index contributed by atoms with van der Waals surface area (Å²) < 4.78 is 51.9. The highest BCUT2D eigenvalue weighted by Crippen LogP contribution is 2.32. The van der Waals surface area contributed by atoms with Gasteiger partial charge >= 0.3 is 6.36 Å². The van der Waals surface area contributed by atoms with Crippen molar-refractivity contribution >= 4 is 11.0 Å². The molecule has 2 heterocycles. The van der Waals surface area contributed by atoms with Crippen molar-refractivity contribution in [2.24, 2.45) is 0 Å². The number of nitrogens with zero attached hydrogens (tertiary/aromatic N) is 2. The first-order chi connectivity index (χ1) is 13.9. The van der Waals surface area contributed by atoms with Crippen molar-refractivity contribution in [2.45, 2.75) is 19.9 Å². The number of hydrogen-bond acceptors (Lipinski definition) is 5. The third kappa shape index (κ3) is 4.31. The summed E-state index contributed by atoms with van der Waals surface area (Å²) in [6, 6.07) is 14.8. The molecule has 0 atom stereocenters. The first-order valence-electron chi connectivity index (χ1n) is 8.68. The van der Waals surface area contributed by atoms with Crippen LogP contribution < -0.4 is 9.47 Å². The summed E-state index contributed by atoms with van der Waals surface area (Å²) in [6.07, 6.45) is -3.03. The Morgan fingerprint density at radius 3 is 2.48 bits per heavy atom. The third-order valence-corrected chi connectivity index (χ3v) is 4.32. The van der Waals surface area contributed by atoms with Crippen molar-refractivity contribution < 1.29 is 27.2 Å². The van der Waals surface area contributed by atoms with Gasteiger partial charge in [-0.05, 0) is 59.1 Å². The third-order valence-electron chi connectivity index (χ3n) is 4.32. The van der Waals surface area contributed by atoms with E-state index in [1.165, 1.54) is 12.1 Å². The Labute approximate surface area is 163 Å². The predicted molar refractivity (Wildman–Crippen MR) is 99.4 cm³/mol. The highest BCUT2D eigenvalue weighted by Gasteiger charge is 2.31. The number of pyridine rings is 1. The van der Waals surface area contributed by atoms with Crippen molar-refractivity contribution in [1.29, 1.82) is 0 Å². The summed E-state index contributed by atoms with van der Waals surface area (Å²) in [5, 5.41) is 4.62. The smallest absolute Gasteiger partial charge is 0.469 e. The fraction of sp³-hybridized carbons (Fsp3) is 0.143. The molecule has 4 aromatic rings. The van der Waals surface area contributed by atoms with Gasteiger partial charge in [0.1, 0.15) is 12.4 Å². The molecule has 2 aromatic carbocycles. The Morgan fingerprint density at radius 2 is 1.76 bits per heavy atom. The van der Waals surface area contributed by atoms with Gasteiger partial charge in [-0.2, -0.15) is 0 Å². The van der Waals surface area contributed by atoms with Crippen LogP contribution in [0.1, 0.15) is 11.3 Å². The molecule has 0 radical (unpaired) electrons. The summed E-state index contributed by atoms with van der Waals surface area (Å²) >= 11 is 0. The molecular formula is C21H15F3N2O3. The lowest BCUT2D eigenvalue weighted by Crippen LogP contribution is -2.16. The first-order valence-corrected chi connectivity index (χ1v) is 8.68. The van der Waals surface area contributed by atoms with Crippen molar-refractivity contribution in [1.82, 2.24) is 10.1 Å². The lowest BCUT2D eigenvalue weighted by molar-refractivity contribution is -0.274. The molecule has 0 amide bonds. The molecule has 2 aromatic heterocycles. The number of rotatable bonds is 5. The van der Waals surface area contributed by atoms with Crippen molar-refractivity contribution in [3.8, 4) is 22.8 Å². The molecule has 0 bridgehead atoms. The van der Waals surface area contributed by atoms with E-state index < -0.39 is 6.36 Å². The number of aryl methyl sites for hydroxylation is 1. The van der Waals surface area contributed by atoms with Crippen molar-refractivity contribution in [2.75, 3.05) is 0 Å². The average Bonchev–Trinajstić information content (AvgIpc) is 3.09. The topological polar surface area (TPSA) is 57.4 Å². The molecule has 8 heteroatoms. The van der Waals surface area contributed by atoms with E-state index in [1.807, 2.05) is 25.1 Å². The molecular weight excluding hydrogens is 385 g/mol. The maximum Gasteiger partial charge on any atom is 0.573 e. The molecule has 0 aliphatic heterocycles. The van der Waals surface area contributed by atoms with E-state index in [4.69, 9.17) is 9.26 Å². The Balaban J connectivity index is 1.57. The van der Waals surface area contributed by atoms with Gasteiger partial charge in [0.15, 0.2) is 5.58 Å². The van der Waals surface area contributed by atoms with Gasteiger partial charge in [0.05, 0.1) is 11.1 Å². The highest BCUT2D eigenvalue weighted by atomic mass is 19.4. The number of ether oxygens (including phenoxy) is 2. The van der Waals surface area contributed by atoms with Crippen LogP contribution in [0.3, 0.4) is 0 Å². The summed E-state index contributed by atoms with van der Waals surface area (Å²) in [4.78, 5) is 4.28. The lowest BCUT2D eigenvalue weighted by atomic mass is 10.0. The Hall–Kier alpha value is -3.55. The number of alkyl halides is 3. The van der Waals surface area contributed by atoms with Gasteiger partial charge in [-0.1, -0.05) is 24.3 Å². The van der Waals surface area contributed by atoms with E-state index in [0.29, 0.717) is 22.4 Å². The number of halogens is 3. The molecule has 5 nitrogen and oxygen atoms in total. The van der Waals surface area contributed by atoms with E-state index in [2.05, 4.69) is 14.9 Å². The summed E-state index contributed by atoms with van der Waals surface area (Å²) in [5.41, 5.74) is 3.83. The van der Waals surface area contributed by atoms with E-state index in [1.54, 1.807) is 30.5 Å². The normalized spacial score (nSPS) is 11.6. The minimum absolute atomic E-state index is 0.238. The largest absolute Gasteiger partial charge is 0.573 e. The second-order valence-corrected chi connectivity index (χ2v) is 6.33. The van der Waals surface area contributed by atoms with Crippen molar-refractivity contribution in [3.05, 3.63) is 72.1 Å². The minimum Gasteiger partial charge on any atom is -0.469 e. The van der Waals surface area contributed by atoms with E-state index >= 15 is 0 Å². The monoisotopic (exact) mass is 400 g/mol. The van der Waals surface area contributed by atoms with Gasteiger partial charge in [-0.3, -0.25) is 4.98 Å².